The molecule has 0 fully saturated rings. The summed E-state index contributed by atoms with van der Waals surface area (Å²) >= 11 is 0. The van der Waals surface area contributed by atoms with Gasteiger partial charge in [0.1, 0.15) is 0 Å². The van der Waals surface area contributed by atoms with Crippen LogP contribution in [-0.2, 0) is 6.42 Å². The minimum atomic E-state index is -1.19. The number of hydrogen-bond donors (Lipinski definition) is 0. The van der Waals surface area contributed by atoms with E-state index in [2.05, 4.69) is 94.7 Å². The second kappa shape index (κ2) is 8.05. The van der Waals surface area contributed by atoms with E-state index in [1.54, 1.807) is 10.4 Å². The zero-order chi connectivity index (χ0) is 18.7. The van der Waals surface area contributed by atoms with E-state index in [1.165, 1.54) is 30.4 Å². The minimum absolute atomic E-state index is 0.673. The van der Waals surface area contributed by atoms with Crippen LogP contribution in [0.25, 0.3) is 0 Å². The Morgan fingerprint density at radius 1 is 0.680 bits per heavy atom. The first-order valence-electron chi connectivity index (χ1n) is 9.81. The van der Waals surface area contributed by atoms with Crippen molar-refractivity contribution in [3.8, 4) is 0 Å². The molecule has 0 nitrogen and oxygen atoms in total. The van der Waals surface area contributed by atoms with Crippen molar-refractivity contribution in [1.29, 1.82) is 0 Å². The van der Waals surface area contributed by atoms with Crippen molar-refractivity contribution in [1.82, 2.24) is 0 Å². The van der Waals surface area contributed by atoms with Gasteiger partial charge in [0.15, 0.2) is 0 Å². The van der Waals surface area contributed by atoms with Gasteiger partial charge in [0.05, 0.1) is 16.1 Å². The highest BCUT2D eigenvalue weighted by molar-refractivity contribution is 6.89. The largest absolute Gasteiger partial charge is 0.0775 e. The van der Waals surface area contributed by atoms with Gasteiger partial charge in [0, 0.05) is 0 Å². The Morgan fingerprint density at radius 3 is 1.52 bits per heavy atom. The lowest BCUT2D eigenvalue weighted by Gasteiger charge is -2.20. The molecular formula is C23H36Si2. The summed E-state index contributed by atoms with van der Waals surface area (Å²) in [6.45, 7) is 16.8. The third kappa shape index (κ3) is 5.68. The van der Waals surface area contributed by atoms with Crippen LogP contribution in [0.3, 0.4) is 0 Å². The van der Waals surface area contributed by atoms with E-state index in [1.807, 2.05) is 0 Å². The molecule has 1 unspecified atom stereocenters. The van der Waals surface area contributed by atoms with E-state index >= 15 is 0 Å². The summed E-state index contributed by atoms with van der Waals surface area (Å²) in [7, 11) is -2.37. The van der Waals surface area contributed by atoms with Gasteiger partial charge < -0.3 is 0 Å². The summed E-state index contributed by atoms with van der Waals surface area (Å²) in [6, 6.07) is 19.0. The summed E-state index contributed by atoms with van der Waals surface area (Å²) in [6.07, 6.45) is 3.65. The summed E-state index contributed by atoms with van der Waals surface area (Å²) < 4.78 is 0. The van der Waals surface area contributed by atoms with Crippen molar-refractivity contribution in [3.63, 3.8) is 0 Å². The molecule has 136 valence electrons. The Balaban J connectivity index is 2.02. The van der Waals surface area contributed by atoms with E-state index in [0.717, 1.165) is 0 Å². The Hall–Kier alpha value is -1.13. The van der Waals surface area contributed by atoms with Crippen molar-refractivity contribution >= 4 is 26.5 Å². The fraction of sp³-hybridized carbons (Fsp3) is 0.478. The molecule has 25 heavy (non-hydrogen) atoms. The molecule has 0 heterocycles. The van der Waals surface area contributed by atoms with Crippen LogP contribution in [0.5, 0.6) is 0 Å². The van der Waals surface area contributed by atoms with Gasteiger partial charge in [-0.2, -0.15) is 0 Å². The SMILES string of the molecule is CCC(CCc1ccc([Si](C)(C)C)cc1)c1ccc([Si](C)(C)C)cc1. The Bertz CT molecular complexity index is 655. The maximum atomic E-state index is 2.42. The fourth-order valence-corrected chi connectivity index (χ4v) is 5.71. The highest BCUT2D eigenvalue weighted by Crippen LogP contribution is 2.25. The van der Waals surface area contributed by atoms with Crippen LogP contribution < -0.4 is 10.4 Å². The summed E-state index contributed by atoms with van der Waals surface area (Å²) in [5, 5.41) is 3.12. The van der Waals surface area contributed by atoms with Crippen molar-refractivity contribution in [3.05, 3.63) is 59.7 Å². The molecule has 0 aliphatic carbocycles. The first-order valence-corrected chi connectivity index (χ1v) is 16.8. The zero-order valence-electron chi connectivity index (χ0n) is 17.3. The maximum Gasteiger partial charge on any atom is 0.0775 e. The van der Waals surface area contributed by atoms with Gasteiger partial charge in [0.25, 0.3) is 0 Å². The topological polar surface area (TPSA) is 0 Å². The quantitative estimate of drug-likeness (QED) is 0.533. The first-order chi connectivity index (χ1) is 11.6. The molecule has 0 aliphatic heterocycles. The molecule has 0 radical (unpaired) electrons. The summed E-state index contributed by atoms with van der Waals surface area (Å²) in [5.41, 5.74) is 3.00. The van der Waals surface area contributed by atoms with Crippen LogP contribution in [0, 0.1) is 0 Å². The van der Waals surface area contributed by atoms with Gasteiger partial charge in [-0.15, -0.1) is 0 Å². The van der Waals surface area contributed by atoms with Crippen LogP contribution in [0.2, 0.25) is 39.3 Å². The van der Waals surface area contributed by atoms with Crippen molar-refractivity contribution in [2.24, 2.45) is 0 Å². The van der Waals surface area contributed by atoms with E-state index < -0.39 is 16.1 Å². The third-order valence-corrected chi connectivity index (χ3v) is 9.47. The molecule has 0 bridgehead atoms. The first kappa shape index (κ1) is 20.2. The molecule has 0 spiro atoms. The van der Waals surface area contributed by atoms with E-state index in [-0.39, 0.29) is 0 Å². The lowest BCUT2D eigenvalue weighted by atomic mass is 9.90. The number of benzene rings is 2. The van der Waals surface area contributed by atoms with Gasteiger partial charge in [-0.3, -0.25) is 0 Å². The third-order valence-electron chi connectivity index (χ3n) is 5.34. The standard InChI is InChI=1S/C23H36Si2/c1-8-20(21-13-17-23(18-14-21)25(5,6)7)12-9-19-10-15-22(16-11-19)24(2,3)4/h10-11,13-18,20H,8-9,12H2,1-7H3. The van der Waals surface area contributed by atoms with E-state index in [0.29, 0.717) is 5.92 Å². The smallest absolute Gasteiger partial charge is 0.0656 e. The van der Waals surface area contributed by atoms with Crippen LogP contribution in [0.15, 0.2) is 48.5 Å². The molecule has 2 rings (SSSR count). The normalized spacial score (nSPS) is 13.7. The molecule has 2 aromatic carbocycles. The average molecular weight is 369 g/mol. The van der Waals surface area contributed by atoms with Gasteiger partial charge in [0.2, 0.25) is 0 Å². The number of hydrogen-bond acceptors (Lipinski definition) is 0. The lowest BCUT2D eigenvalue weighted by molar-refractivity contribution is 0.606. The molecule has 0 saturated carbocycles. The molecule has 2 aromatic rings. The van der Waals surface area contributed by atoms with Crippen molar-refractivity contribution in [2.45, 2.75) is 71.4 Å². The van der Waals surface area contributed by atoms with Crippen LogP contribution in [0.4, 0.5) is 0 Å². The molecule has 0 amide bonds. The maximum absolute atomic E-state index is 2.42. The Kier molecular flexibility index (Phi) is 6.50. The summed E-state index contributed by atoms with van der Waals surface area (Å²) in [5.74, 6) is 0.673. The molecule has 2 heteroatoms. The summed E-state index contributed by atoms with van der Waals surface area (Å²) in [4.78, 5) is 0. The Morgan fingerprint density at radius 2 is 1.12 bits per heavy atom. The Labute approximate surface area is 157 Å². The van der Waals surface area contributed by atoms with Crippen LogP contribution in [0.1, 0.15) is 36.8 Å². The molecular weight excluding hydrogens is 332 g/mol. The molecule has 1 atom stereocenters. The fourth-order valence-electron chi connectivity index (χ4n) is 3.37. The number of rotatable bonds is 7. The van der Waals surface area contributed by atoms with Gasteiger partial charge in [-0.25, -0.2) is 0 Å². The highest BCUT2D eigenvalue weighted by atomic mass is 28.3. The second-order valence-corrected chi connectivity index (χ2v) is 19.6. The highest BCUT2D eigenvalue weighted by Gasteiger charge is 2.18. The molecule has 0 aromatic heterocycles. The van der Waals surface area contributed by atoms with E-state index in [4.69, 9.17) is 0 Å². The average Bonchev–Trinajstić information content (AvgIpc) is 2.55. The van der Waals surface area contributed by atoms with Crippen molar-refractivity contribution < 1.29 is 0 Å². The van der Waals surface area contributed by atoms with E-state index in [9.17, 15) is 0 Å². The van der Waals surface area contributed by atoms with Gasteiger partial charge in [-0.1, -0.05) is 105 Å². The second-order valence-electron chi connectivity index (χ2n) is 9.46. The minimum Gasteiger partial charge on any atom is -0.0656 e. The zero-order valence-corrected chi connectivity index (χ0v) is 19.3. The predicted molar refractivity (Wildman–Crippen MR) is 120 cm³/mol. The number of aryl methyl sites for hydroxylation is 1. The van der Waals surface area contributed by atoms with Gasteiger partial charge in [-0.05, 0) is 36.3 Å². The monoisotopic (exact) mass is 368 g/mol. The predicted octanol–water partition coefficient (Wildman–Crippen LogP) is 5.90. The van der Waals surface area contributed by atoms with Gasteiger partial charge >= 0.3 is 0 Å². The van der Waals surface area contributed by atoms with Crippen molar-refractivity contribution in [2.75, 3.05) is 0 Å². The van der Waals surface area contributed by atoms with Crippen LogP contribution >= 0.6 is 0 Å². The van der Waals surface area contributed by atoms with Crippen LogP contribution in [-0.4, -0.2) is 16.1 Å². The molecule has 0 N–H and O–H groups in total. The molecule has 0 aliphatic rings. The lowest BCUT2D eigenvalue weighted by Crippen LogP contribution is -2.37. The molecule has 0 saturated heterocycles.